The number of hydrogen-bond acceptors (Lipinski definition) is 5. The lowest BCUT2D eigenvalue weighted by Crippen LogP contribution is -2.28. The van der Waals surface area contributed by atoms with E-state index in [4.69, 9.17) is 0 Å². The summed E-state index contributed by atoms with van der Waals surface area (Å²) < 4.78 is 1.00. The molecule has 7 heteroatoms. The van der Waals surface area contributed by atoms with Crippen LogP contribution in [0.4, 0.5) is 5.95 Å². The molecular weight excluding hydrogens is 334 g/mol. The van der Waals surface area contributed by atoms with E-state index in [0.717, 1.165) is 10.0 Å². The van der Waals surface area contributed by atoms with Crippen molar-refractivity contribution in [1.82, 2.24) is 15.2 Å². The minimum atomic E-state index is -0.347. The number of rotatable bonds is 3. The Morgan fingerprint density at radius 2 is 1.90 bits per heavy atom. The zero-order valence-corrected chi connectivity index (χ0v) is 13.6. The summed E-state index contributed by atoms with van der Waals surface area (Å²) >= 11 is 3.36. The molecule has 0 radical (unpaired) electrons. The zero-order chi connectivity index (χ0) is 15.5. The average molecular weight is 350 g/mol. The van der Waals surface area contributed by atoms with Gasteiger partial charge in [-0.25, -0.2) is 5.43 Å². The third-order valence-electron chi connectivity index (χ3n) is 2.66. The van der Waals surface area contributed by atoms with Gasteiger partial charge >= 0.3 is 0 Å². The van der Waals surface area contributed by atoms with Crippen LogP contribution in [0.5, 0.6) is 0 Å². The first-order valence-electron chi connectivity index (χ1n) is 6.38. The molecule has 21 heavy (non-hydrogen) atoms. The number of benzene rings is 1. The van der Waals surface area contributed by atoms with Crippen molar-refractivity contribution in [2.45, 2.75) is 26.2 Å². The summed E-state index contributed by atoms with van der Waals surface area (Å²) in [6, 6.07) is 7.65. The third-order valence-corrected chi connectivity index (χ3v) is 3.19. The first kappa shape index (κ1) is 15.4. The lowest BCUT2D eigenvalue weighted by atomic mass is 9.93. The summed E-state index contributed by atoms with van der Waals surface area (Å²) in [6.07, 6.45) is 1.63. The Balaban J connectivity index is 2.09. The number of nitrogens with one attached hydrogen (secondary N) is 2. The van der Waals surface area contributed by atoms with Crippen molar-refractivity contribution in [3.63, 3.8) is 0 Å². The van der Waals surface area contributed by atoms with Gasteiger partial charge in [-0.3, -0.25) is 9.78 Å². The first-order valence-corrected chi connectivity index (χ1v) is 7.18. The maximum absolute atomic E-state index is 11.9. The Morgan fingerprint density at radius 3 is 2.48 bits per heavy atom. The van der Waals surface area contributed by atoms with Crippen LogP contribution in [0.15, 0.2) is 38.6 Å². The highest BCUT2D eigenvalue weighted by Crippen LogP contribution is 2.15. The molecule has 0 aliphatic heterocycles. The van der Waals surface area contributed by atoms with E-state index < -0.39 is 0 Å². The van der Waals surface area contributed by atoms with Gasteiger partial charge in [0.25, 0.3) is 5.56 Å². The molecule has 2 rings (SSSR count). The largest absolute Gasteiger partial charge is 0.288 e. The first-order chi connectivity index (χ1) is 9.86. The molecule has 0 spiro atoms. The number of hydrogen-bond donors (Lipinski definition) is 2. The van der Waals surface area contributed by atoms with Gasteiger partial charge < -0.3 is 0 Å². The Morgan fingerprint density at radius 1 is 1.24 bits per heavy atom. The second-order valence-corrected chi connectivity index (χ2v) is 6.44. The summed E-state index contributed by atoms with van der Waals surface area (Å²) in [5.41, 5.74) is 3.36. The number of H-pyrrole nitrogens is 1. The quantitative estimate of drug-likeness (QED) is 0.659. The van der Waals surface area contributed by atoms with E-state index in [9.17, 15) is 4.79 Å². The monoisotopic (exact) mass is 349 g/mol. The van der Waals surface area contributed by atoms with Gasteiger partial charge in [0.05, 0.1) is 6.21 Å². The van der Waals surface area contributed by atoms with Crippen LogP contribution in [-0.4, -0.2) is 21.4 Å². The van der Waals surface area contributed by atoms with Gasteiger partial charge in [0.15, 0.2) is 0 Å². The summed E-state index contributed by atoms with van der Waals surface area (Å²) in [4.78, 5) is 14.5. The summed E-state index contributed by atoms with van der Waals surface area (Å²) in [7, 11) is 0. The van der Waals surface area contributed by atoms with E-state index >= 15 is 0 Å². The van der Waals surface area contributed by atoms with Crippen molar-refractivity contribution in [2.24, 2.45) is 5.10 Å². The van der Waals surface area contributed by atoms with E-state index in [0.29, 0.717) is 5.69 Å². The van der Waals surface area contributed by atoms with Crippen molar-refractivity contribution in [3.8, 4) is 0 Å². The van der Waals surface area contributed by atoms with E-state index in [1.54, 1.807) is 6.21 Å². The van der Waals surface area contributed by atoms with Crippen LogP contribution in [0.2, 0.25) is 0 Å². The van der Waals surface area contributed by atoms with Gasteiger partial charge in [0.1, 0.15) is 5.69 Å². The Kier molecular flexibility index (Phi) is 4.52. The van der Waals surface area contributed by atoms with Crippen molar-refractivity contribution < 1.29 is 0 Å². The number of hydrazone groups is 1. The summed E-state index contributed by atoms with van der Waals surface area (Å²) in [5, 5.41) is 11.9. The molecule has 2 aromatic rings. The lowest BCUT2D eigenvalue weighted by molar-refractivity contribution is 0.547. The van der Waals surface area contributed by atoms with E-state index in [1.165, 1.54) is 0 Å². The van der Waals surface area contributed by atoms with Crippen molar-refractivity contribution in [2.75, 3.05) is 5.43 Å². The molecule has 0 saturated heterocycles. The Bertz CT molecular complexity index is 701. The van der Waals surface area contributed by atoms with E-state index in [2.05, 4.69) is 41.6 Å². The molecule has 0 atom stereocenters. The fourth-order valence-corrected chi connectivity index (χ4v) is 1.86. The highest BCUT2D eigenvalue weighted by molar-refractivity contribution is 9.10. The minimum absolute atomic E-state index is 0.210. The molecule has 0 amide bonds. The Hall–Kier alpha value is -2.02. The Labute approximate surface area is 130 Å². The molecule has 110 valence electrons. The lowest BCUT2D eigenvalue weighted by Gasteiger charge is -2.15. The van der Waals surface area contributed by atoms with Crippen LogP contribution in [0, 0.1) is 0 Å². The maximum Gasteiger partial charge on any atom is 0.274 e. The second kappa shape index (κ2) is 6.17. The molecule has 0 aliphatic carbocycles. The molecule has 1 aromatic carbocycles. The van der Waals surface area contributed by atoms with Gasteiger partial charge in [0, 0.05) is 9.89 Å². The highest BCUT2D eigenvalue weighted by Gasteiger charge is 2.20. The smallest absolute Gasteiger partial charge is 0.274 e. The number of aromatic nitrogens is 3. The van der Waals surface area contributed by atoms with Crippen LogP contribution in [-0.2, 0) is 5.41 Å². The third kappa shape index (κ3) is 4.22. The second-order valence-electron chi connectivity index (χ2n) is 5.52. The number of aromatic amines is 1. The molecule has 0 fully saturated rings. The molecule has 0 aliphatic rings. The fraction of sp³-hybridized carbons (Fsp3) is 0.286. The van der Waals surface area contributed by atoms with Gasteiger partial charge in [0.2, 0.25) is 5.95 Å². The van der Waals surface area contributed by atoms with E-state index in [1.807, 2.05) is 45.0 Å². The van der Waals surface area contributed by atoms with Gasteiger partial charge in [-0.1, -0.05) is 48.8 Å². The molecule has 0 saturated carbocycles. The zero-order valence-electron chi connectivity index (χ0n) is 12.0. The number of halogens is 1. The van der Waals surface area contributed by atoms with Crippen molar-refractivity contribution >= 4 is 28.1 Å². The molecule has 1 aromatic heterocycles. The predicted octanol–water partition coefficient (Wildman–Crippen LogP) is 2.67. The fourth-order valence-electron chi connectivity index (χ4n) is 1.59. The SMILES string of the molecule is CC(C)(C)c1nnc(N/N=C\c2ccc(Br)cc2)[nH]c1=O. The normalized spacial score (nSPS) is 11.8. The maximum atomic E-state index is 11.9. The van der Waals surface area contributed by atoms with Crippen LogP contribution in [0.25, 0.3) is 0 Å². The minimum Gasteiger partial charge on any atom is -0.288 e. The van der Waals surface area contributed by atoms with Crippen LogP contribution in [0.3, 0.4) is 0 Å². The highest BCUT2D eigenvalue weighted by atomic mass is 79.9. The molecule has 2 N–H and O–H groups in total. The molecule has 0 bridgehead atoms. The summed E-state index contributed by atoms with van der Waals surface area (Å²) in [6.45, 7) is 5.72. The number of anilines is 1. The van der Waals surface area contributed by atoms with Crippen LogP contribution in [0.1, 0.15) is 32.0 Å². The number of nitrogens with zero attached hydrogens (tertiary/aromatic N) is 3. The average Bonchev–Trinajstić information content (AvgIpc) is 2.40. The topological polar surface area (TPSA) is 83.0 Å². The van der Waals surface area contributed by atoms with Crippen molar-refractivity contribution in [1.29, 1.82) is 0 Å². The van der Waals surface area contributed by atoms with Crippen LogP contribution >= 0.6 is 15.9 Å². The van der Waals surface area contributed by atoms with Gasteiger partial charge in [-0.2, -0.15) is 5.10 Å². The van der Waals surface area contributed by atoms with Crippen molar-refractivity contribution in [3.05, 3.63) is 50.3 Å². The van der Waals surface area contributed by atoms with Gasteiger partial charge in [-0.15, -0.1) is 10.2 Å². The summed E-state index contributed by atoms with van der Waals surface area (Å²) in [5.74, 6) is 0.210. The molecule has 6 nitrogen and oxygen atoms in total. The molecule has 1 heterocycles. The molecule has 0 unspecified atom stereocenters. The van der Waals surface area contributed by atoms with Crippen LogP contribution < -0.4 is 11.0 Å². The molecular formula is C14H16BrN5O. The predicted molar refractivity (Wildman–Crippen MR) is 86.7 cm³/mol. The van der Waals surface area contributed by atoms with E-state index in [-0.39, 0.29) is 16.9 Å². The standard InChI is InChI=1S/C14H16BrN5O/c1-14(2,3)11-12(21)17-13(20-18-11)19-16-8-9-4-6-10(15)7-5-9/h4-8H,1-3H3,(H2,17,19,20,21)/b16-8-. The van der Waals surface area contributed by atoms with Gasteiger partial charge in [-0.05, 0) is 17.7 Å².